The minimum Gasteiger partial charge on any atom is -0.508 e. The second kappa shape index (κ2) is 11.5. The van der Waals surface area contributed by atoms with Crippen molar-refractivity contribution in [2.24, 2.45) is 0 Å². The van der Waals surface area contributed by atoms with Gasteiger partial charge < -0.3 is 24.8 Å². The Morgan fingerprint density at radius 1 is 0.946 bits per heavy atom. The molecule has 0 heterocycles. The number of nitrogens with zero attached hydrogens (tertiary/aromatic N) is 1. The van der Waals surface area contributed by atoms with Crippen LogP contribution in [-0.2, 0) is 19.4 Å². The summed E-state index contributed by atoms with van der Waals surface area (Å²) in [6.45, 7) is 6.93. The molecule has 0 aliphatic heterocycles. The van der Waals surface area contributed by atoms with Crippen molar-refractivity contribution < 1.29 is 14.6 Å². The maximum Gasteiger partial charge on any atom is 0.120 e. The van der Waals surface area contributed by atoms with Crippen molar-refractivity contribution in [3.63, 3.8) is 0 Å². The van der Waals surface area contributed by atoms with Gasteiger partial charge in [-0.2, -0.15) is 0 Å². The first kappa shape index (κ1) is 25.5. The molecular formula is C32H40N2O3. The number of nitrogens with one attached hydrogen (secondary N) is 1. The molecule has 3 aromatic carbocycles. The van der Waals surface area contributed by atoms with E-state index in [-0.39, 0.29) is 0 Å². The highest BCUT2D eigenvalue weighted by Crippen LogP contribution is 2.40. The van der Waals surface area contributed by atoms with Crippen LogP contribution in [0.3, 0.4) is 0 Å². The summed E-state index contributed by atoms with van der Waals surface area (Å²) in [5.41, 5.74) is 6.49. The van der Waals surface area contributed by atoms with E-state index in [1.54, 1.807) is 7.11 Å². The third-order valence-corrected chi connectivity index (χ3v) is 7.69. The number of ether oxygens (including phenoxy) is 2. The van der Waals surface area contributed by atoms with Gasteiger partial charge in [0.25, 0.3) is 0 Å². The van der Waals surface area contributed by atoms with Crippen LogP contribution in [0.5, 0.6) is 17.2 Å². The minimum atomic E-state index is 0.322. The molecule has 5 nitrogen and oxygen atoms in total. The van der Waals surface area contributed by atoms with Gasteiger partial charge in [-0.15, -0.1) is 0 Å². The number of benzene rings is 3. The fourth-order valence-corrected chi connectivity index (χ4v) is 5.40. The van der Waals surface area contributed by atoms with Crippen LogP contribution in [0.2, 0.25) is 0 Å². The first-order valence-corrected chi connectivity index (χ1v) is 13.7. The Labute approximate surface area is 221 Å². The standard InChI is InChI=1S/C32H40N2O3/c1-22(2)34(21-23-4-12-29(13-5-23)37-17-16-33-27-9-10-27)32-20-30(36-3)14-15-31(32)26-7-6-25-19-28(35)11-8-24(25)18-26/h4-5,8,11-15,19-20,22,26-27,33,35H,6-7,9-10,16-18,21H2,1-3H3. The molecule has 2 N–H and O–H groups in total. The van der Waals surface area contributed by atoms with Gasteiger partial charge in [0, 0.05) is 36.9 Å². The fourth-order valence-electron chi connectivity index (χ4n) is 5.40. The molecule has 0 aromatic heterocycles. The van der Waals surface area contributed by atoms with Gasteiger partial charge >= 0.3 is 0 Å². The summed E-state index contributed by atoms with van der Waals surface area (Å²) in [5.74, 6) is 2.60. The lowest BCUT2D eigenvalue weighted by atomic mass is 9.79. The molecule has 2 aliphatic rings. The number of phenolic OH excluding ortho intramolecular Hbond substituents is 1. The maximum absolute atomic E-state index is 9.91. The molecule has 37 heavy (non-hydrogen) atoms. The summed E-state index contributed by atoms with van der Waals surface area (Å²) in [6, 6.07) is 22.0. The molecule has 0 saturated heterocycles. The smallest absolute Gasteiger partial charge is 0.120 e. The summed E-state index contributed by atoms with van der Waals surface area (Å²) < 4.78 is 11.6. The van der Waals surface area contributed by atoms with E-state index in [0.29, 0.717) is 30.4 Å². The Morgan fingerprint density at radius 3 is 2.46 bits per heavy atom. The zero-order valence-electron chi connectivity index (χ0n) is 22.4. The van der Waals surface area contributed by atoms with E-state index >= 15 is 0 Å². The lowest BCUT2D eigenvalue weighted by Crippen LogP contribution is -2.31. The number of hydrogen-bond acceptors (Lipinski definition) is 5. The first-order chi connectivity index (χ1) is 18.0. The molecule has 1 fully saturated rings. The predicted molar refractivity (Wildman–Crippen MR) is 150 cm³/mol. The van der Waals surface area contributed by atoms with E-state index in [9.17, 15) is 5.11 Å². The van der Waals surface area contributed by atoms with Crippen molar-refractivity contribution >= 4 is 5.69 Å². The molecule has 1 unspecified atom stereocenters. The van der Waals surface area contributed by atoms with E-state index in [0.717, 1.165) is 43.9 Å². The SMILES string of the molecule is COc1ccc(C2CCc3cc(O)ccc3C2)c(N(Cc2ccc(OCCNC3CC3)cc2)C(C)C)c1. The van der Waals surface area contributed by atoms with Gasteiger partial charge in [0.15, 0.2) is 0 Å². The number of rotatable bonds is 11. The highest BCUT2D eigenvalue weighted by atomic mass is 16.5. The van der Waals surface area contributed by atoms with Gasteiger partial charge in [0.05, 0.1) is 7.11 Å². The molecule has 196 valence electrons. The minimum absolute atomic E-state index is 0.322. The Balaban J connectivity index is 1.33. The number of hydrogen-bond donors (Lipinski definition) is 2. The molecule has 0 spiro atoms. The van der Waals surface area contributed by atoms with Crippen LogP contribution in [0.15, 0.2) is 60.7 Å². The number of aryl methyl sites for hydroxylation is 1. The molecular weight excluding hydrogens is 460 g/mol. The third kappa shape index (κ3) is 6.40. The molecule has 0 amide bonds. The first-order valence-electron chi connectivity index (χ1n) is 13.7. The fraction of sp³-hybridized carbons (Fsp3) is 0.438. The summed E-state index contributed by atoms with van der Waals surface area (Å²) in [5, 5.41) is 13.4. The predicted octanol–water partition coefficient (Wildman–Crippen LogP) is 6.22. The molecule has 2 aliphatic carbocycles. The van der Waals surface area contributed by atoms with Crippen LogP contribution in [0.25, 0.3) is 0 Å². The average molecular weight is 501 g/mol. The van der Waals surface area contributed by atoms with Crippen LogP contribution in [-0.4, -0.2) is 37.5 Å². The van der Waals surface area contributed by atoms with Crippen LogP contribution < -0.4 is 19.7 Å². The van der Waals surface area contributed by atoms with E-state index < -0.39 is 0 Å². The molecule has 3 aromatic rings. The molecule has 1 atom stereocenters. The topological polar surface area (TPSA) is 54.0 Å². The molecule has 1 saturated carbocycles. The van der Waals surface area contributed by atoms with Crippen molar-refractivity contribution in [3.05, 3.63) is 82.9 Å². The Kier molecular flexibility index (Phi) is 7.90. The highest BCUT2D eigenvalue weighted by Gasteiger charge is 2.26. The lowest BCUT2D eigenvalue weighted by Gasteiger charge is -2.35. The van der Waals surface area contributed by atoms with Gasteiger partial charge in [0.2, 0.25) is 0 Å². The van der Waals surface area contributed by atoms with E-state index in [1.165, 1.54) is 40.8 Å². The van der Waals surface area contributed by atoms with Gasteiger partial charge in [-0.05, 0) is 104 Å². The average Bonchev–Trinajstić information content (AvgIpc) is 3.74. The monoisotopic (exact) mass is 500 g/mol. The summed E-state index contributed by atoms with van der Waals surface area (Å²) in [6.07, 6.45) is 5.65. The number of fused-ring (bicyclic) bond motifs is 1. The number of phenols is 1. The van der Waals surface area contributed by atoms with E-state index in [2.05, 4.69) is 72.6 Å². The quantitative estimate of drug-likeness (QED) is 0.306. The molecule has 0 radical (unpaired) electrons. The summed E-state index contributed by atoms with van der Waals surface area (Å²) in [4.78, 5) is 2.49. The maximum atomic E-state index is 9.91. The largest absolute Gasteiger partial charge is 0.508 e. The van der Waals surface area contributed by atoms with Crippen LogP contribution in [0, 0.1) is 0 Å². The lowest BCUT2D eigenvalue weighted by molar-refractivity contribution is 0.313. The van der Waals surface area contributed by atoms with Crippen molar-refractivity contribution in [2.45, 2.75) is 70.5 Å². The van der Waals surface area contributed by atoms with Crippen LogP contribution in [0.4, 0.5) is 5.69 Å². The van der Waals surface area contributed by atoms with Crippen molar-refractivity contribution in [2.75, 3.05) is 25.2 Å². The number of aromatic hydroxyl groups is 1. The molecule has 5 heteroatoms. The van der Waals surface area contributed by atoms with Gasteiger partial charge in [-0.3, -0.25) is 0 Å². The zero-order valence-corrected chi connectivity index (χ0v) is 22.4. The normalized spacial score (nSPS) is 16.9. The second-order valence-electron chi connectivity index (χ2n) is 10.8. The van der Waals surface area contributed by atoms with E-state index in [1.807, 2.05) is 12.1 Å². The Morgan fingerprint density at radius 2 is 1.73 bits per heavy atom. The van der Waals surface area contributed by atoms with Gasteiger partial charge in [0.1, 0.15) is 23.9 Å². The van der Waals surface area contributed by atoms with Crippen molar-refractivity contribution in [1.82, 2.24) is 5.32 Å². The highest BCUT2D eigenvalue weighted by molar-refractivity contribution is 5.60. The Hall–Kier alpha value is -3.18. The van der Waals surface area contributed by atoms with Crippen LogP contribution >= 0.6 is 0 Å². The second-order valence-corrected chi connectivity index (χ2v) is 10.8. The van der Waals surface area contributed by atoms with Gasteiger partial charge in [-0.25, -0.2) is 0 Å². The summed E-state index contributed by atoms with van der Waals surface area (Å²) in [7, 11) is 1.74. The molecule has 5 rings (SSSR count). The zero-order chi connectivity index (χ0) is 25.8. The van der Waals surface area contributed by atoms with Crippen molar-refractivity contribution in [3.8, 4) is 17.2 Å². The van der Waals surface area contributed by atoms with E-state index in [4.69, 9.17) is 9.47 Å². The molecule has 0 bridgehead atoms. The summed E-state index contributed by atoms with van der Waals surface area (Å²) >= 11 is 0. The van der Waals surface area contributed by atoms with Crippen molar-refractivity contribution in [1.29, 1.82) is 0 Å². The van der Waals surface area contributed by atoms with Crippen LogP contribution in [0.1, 0.15) is 61.3 Å². The van der Waals surface area contributed by atoms with Gasteiger partial charge in [-0.1, -0.05) is 24.3 Å². The number of anilines is 1. The third-order valence-electron chi connectivity index (χ3n) is 7.69. The Bertz CT molecular complexity index is 1190. The number of methoxy groups -OCH3 is 1.